The van der Waals surface area contributed by atoms with E-state index in [2.05, 4.69) is 15.6 Å². The van der Waals surface area contributed by atoms with Gasteiger partial charge in [0, 0.05) is 19.6 Å². The average molecular weight is 290 g/mol. The Labute approximate surface area is 121 Å². The topological polar surface area (TPSA) is 89.2 Å². The summed E-state index contributed by atoms with van der Waals surface area (Å²) in [6.07, 6.45) is 3.35. The average Bonchev–Trinajstić information content (AvgIpc) is 2.81. The highest BCUT2D eigenvalue weighted by atomic mass is 16.3. The molecule has 7 heteroatoms. The van der Waals surface area contributed by atoms with Crippen LogP contribution in [0.1, 0.15) is 29.0 Å². The number of hydrogen-bond donors (Lipinski definition) is 2. The summed E-state index contributed by atoms with van der Waals surface area (Å²) in [6, 6.07) is 0.0797. The molecule has 0 bridgehead atoms. The minimum absolute atomic E-state index is 0.0797. The first kappa shape index (κ1) is 13.8. The van der Waals surface area contributed by atoms with E-state index in [9.17, 15) is 9.59 Å². The van der Waals surface area contributed by atoms with Gasteiger partial charge in [0.1, 0.15) is 17.5 Å². The van der Waals surface area contributed by atoms with Gasteiger partial charge in [-0.1, -0.05) is 0 Å². The first-order valence-electron chi connectivity index (χ1n) is 7.04. The number of fused-ring (bicyclic) bond motifs is 1. The van der Waals surface area contributed by atoms with Gasteiger partial charge in [0.25, 0.3) is 11.5 Å². The van der Waals surface area contributed by atoms with Crippen LogP contribution in [-0.2, 0) is 7.05 Å². The molecule has 1 amide bonds. The highest BCUT2D eigenvalue weighted by molar-refractivity contribution is 6.06. The summed E-state index contributed by atoms with van der Waals surface area (Å²) < 4.78 is 6.79. The number of carbonyl (C=O) groups is 1. The lowest BCUT2D eigenvalue weighted by atomic mass is 10.1. The fraction of sp³-hybridized carbons (Fsp3) is 0.500. The van der Waals surface area contributed by atoms with Crippen LogP contribution in [0.15, 0.2) is 15.5 Å². The largest absolute Gasteiger partial charge is 0.442 e. The van der Waals surface area contributed by atoms with Crippen molar-refractivity contribution in [3.63, 3.8) is 0 Å². The van der Waals surface area contributed by atoms with Crippen molar-refractivity contribution in [1.82, 2.24) is 20.2 Å². The van der Waals surface area contributed by atoms with E-state index in [-0.39, 0.29) is 28.6 Å². The third-order valence-electron chi connectivity index (χ3n) is 3.81. The smallest absolute Gasteiger partial charge is 0.265 e. The van der Waals surface area contributed by atoms with Crippen LogP contribution in [0.25, 0.3) is 11.1 Å². The van der Waals surface area contributed by atoms with Crippen LogP contribution in [-0.4, -0.2) is 34.6 Å². The predicted molar refractivity (Wildman–Crippen MR) is 77.3 cm³/mol. The first-order valence-corrected chi connectivity index (χ1v) is 7.04. The Morgan fingerprint density at radius 1 is 1.57 bits per heavy atom. The molecule has 7 nitrogen and oxygen atoms in total. The monoisotopic (exact) mass is 290 g/mol. The minimum Gasteiger partial charge on any atom is -0.442 e. The second kappa shape index (κ2) is 5.33. The summed E-state index contributed by atoms with van der Waals surface area (Å²) in [6.45, 7) is 3.40. The van der Waals surface area contributed by atoms with E-state index in [1.54, 1.807) is 14.0 Å². The molecule has 2 N–H and O–H groups in total. The zero-order valence-electron chi connectivity index (χ0n) is 12.1. The number of rotatable bonds is 2. The van der Waals surface area contributed by atoms with Gasteiger partial charge in [-0.05, 0) is 26.3 Å². The minimum atomic E-state index is -0.274. The zero-order valence-corrected chi connectivity index (χ0v) is 12.1. The van der Waals surface area contributed by atoms with Crippen molar-refractivity contribution in [2.75, 3.05) is 13.1 Å². The summed E-state index contributed by atoms with van der Waals surface area (Å²) in [5.74, 6) is 0.145. The molecule has 1 saturated heterocycles. The molecule has 1 fully saturated rings. The van der Waals surface area contributed by atoms with Gasteiger partial charge >= 0.3 is 0 Å². The van der Waals surface area contributed by atoms with Crippen LogP contribution in [0.5, 0.6) is 0 Å². The van der Waals surface area contributed by atoms with Gasteiger partial charge in [-0.3, -0.25) is 9.59 Å². The number of amides is 1. The van der Waals surface area contributed by atoms with E-state index >= 15 is 0 Å². The molecular weight excluding hydrogens is 272 g/mol. The van der Waals surface area contributed by atoms with E-state index < -0.39 is 0 Å². The molecule has 21 heavy (non-hydrogen) atoms. The summed E-state index contributed by atoms with van der Waals surface area (Å²) >= 11 is 0. The van der Waals surface area contributed by atoms with E-state index in [0.29, 0.717) is 11.3 Å². The quantitative estimate of drug-likeness (QED) is 0.831. The lowest BCUT2D eigenvalue weighted by Crippen LogP contribution is -2.45. The first-order chi connectivity index (χ1) is 10.1. The number of furan rings is 1. The predicted octanol–water partition coefficient (Wildman–Crippen LogP) is 0.317. The van der Waals surface area contributed by atoms with Crippen molar-refractivity contribution in [2.24, 2.45) is 7.05 Å². The van der Waals surface area contributed by atoms with Crippen molar-refractivity contribution in [2.45, 2.75) is 25.8 Å². The molecule has 3 rings (SSSR count). The SMILES string of the molecule is Cc1oc2ncn(C)c(=O)c2c1C(=O)N[C@H]1CCCNC1. The van der Waals surface area contributed by atoms with Crippen molar-refractivity contribution in [3.8, 4) is 0 Å². The molecule has 1 atom stereocenters. The lowest BCUT2D eigenvalue weighted by molar-refractivity contribution is 0.0930. The maximum Gasteiger partial charge on any atom is 0.265 e. The third-order valence-corrected chi connectivity index (χ3v) is 3.81. The number of piperidine rings is 1. The molecule has 0 radical (unpaired) electrons. The maximum atomic E-state index is 12.5. The third kappa shape index (κ3) is 2.44. The number of carbonyl (C=O) groups excluding carboxylic acids is 1. The van der Waals surface area contributed by atoms with Crippen LogP contribution >= 0.6 is 0 Å². The van der Waals surface area contributed by atoms with Crippen LogP contribution in [0, 0.1) is 6.92 Å². The number of nitrogens with one attached hydrogen (secondary N) is 2. The normalized spacial score (nSPS) is 18.9. The Hall–Kier alpha value is -2.15. The van der Waals surface area contributed by atoms with E-state index in [1.165, 1.54) is 10.9 Å². The molecule has 3 heterocycles. The van der Waals surface area contributed by atoms with E-state index in [1.807, 2.05) is 0 Å². The van der Waals surface area contributed by atoms with Crippen molar-refractivity contribution < 1.29 is 9.21 Å². The Kier molecular flexibility index (Phi) is 3.50. The highest BCUT2D eigenvalue weighted by Crippen LogP contribution is 2.21. The van der Waals surface area contributed by atoms with Gasteiger partial charge in [-0.15, -0.1) is 0 Å². The van der Waals surface area contributed by atoms with Crippen LogP contribution < -0.4 is 16.2 Å². The number of aromatic nitrogens is 2. The van der Waals surface area contributed by atoms with Crippen molar-refractivity contribution >= 4 is 17.0 Å². The lowest BCUT2D eigenvalue weighted by Gasteiger charge is -2.23. The second-order valence-electron chi connectivity index (χ2n) is 5.39. The molecule has 2 aromatic heterocycles. The van der Waals surface area contributed by atoms with E-state index in [4.69, 9.17) is 4.42 Å². The number of hydrogen-bond acceptors (Lipinski definition) is 5. The Bertz CT molecular complexity index is 740. The Balaban J connectivity index is 1.99. The Morgan fingerprint density at radius 3 is 3.10 bits per heavy atom. The fourth-order valence-corrected chi connectivity index (χ4v) is 2.69. The van der Waals surface area contributed by atoms with Gasteiger partial charge in [0.2, 0.25) is 5.71 Å². The molecular formula is C14H18N4O3. The molecule has 0 aliphatic carbocycles. The number of aryl methyl sites for hydroxylation is 2. The number of nitrogens with zero attached hydrogens (tertiary/aromatic N) is 2. The van der Waals surface area contributed by atoms with Crippen molar-refractivity contribution in [1.29, 1.82) is 0 Å². The molecule has 1 aliphatic heterocycles. The molecule has 0 spiro atoms. The van der Waals surface area contributed by atoms with Gasteiger partial charge < -0.3 is 19.6 Å². The second-order valence-corrected chi connectivity index (χ2v) is 5.39. The zero-order chi connectivity index (χ0) is 15.0. The standard InChI is InChI=1S/C14H18N4O3/c1-8-10(12(19)17-9-4-3-5-15-6-9)11-13(21-8)16-7-18(2)14(11)20/h7,9,15H,3-6H2,1-2H3,(H,17,19)/t9-/m0/s1. The summed E-state index contributed by atoms with van der Waals surface area (Å²) in [5.41, 5.74) is 0.232. The Morgan fingerprint density at radius 2 is 2.38 bits per heavy atom. The van der Waals surface area contributed by atoms with Crippen molar-refractivity contribution in [3.05, 3.63) is 28.0 Å². The van der Waals surface area contributed by atoms with E-state index in [0.717, 1.165) is 25.9 Å². The van der Waals surface area contributed by atoms with Gasteiger partial charge in [0.15, 0.2) is 0 Å². The van der Waals surface area contributed by atoms with Crippen LogP contribution in [0.3, 0.4) is 0 Å². The molecule has 112 valence electrons. The molecule has 0 unspecified atom stereocenters. The summed E-state index contributed by atoms with van der Waals surface area (Å²) in [4.78, 5) is 28.8. The summed E-state index contributed by atoms with van der Waals surface area (Å²) in [5, 5.41) is 6.45. The van der Waals surface area contributed by atoms with Crippen LogP contribution in [0.2, 0.25) is 0 Å². The van der Waals surface area contributed by atoms with Crippen LogP contribution in [0.4, 0.5) is 0 Å². The summed E-state index contributed by atoms with van der Waals surface area (Å²) in [7, 11) is 1.60. The molecule has 0 aromatic carbocycles. The molecule has 2 aromatic rings. The maximum absolute atomic E-state index is 12.5. The van der Waals surface area contributed by atoms with Gasteiger partial charge in [-0.2, -0.15) is 0 Å². The molecule has 0 saturated carbocycles. The fourth-order valence-electron chi connectivity index (χ4n) is 2.69. The van der Waals surface area contributed by atoms with Gasteiger partial charge in [0.05, 0.1) is 5.56 Å². The molecule has 1 aliphatic rings. The van der Waals surface area contributed by atoms with Gasteiger partial charge in [-0.25, -0.2) is 4.98 Å². The highest BCUT2D eigenvalue weighted by Gasteiger charge is 2.24.